The molecule has 1 aliphatic heterocycles. The van der Waals surface area contributed by atoms with Crippen molar-refractivity contribution in [2.45, 2.75) is 6.04 Å². The van der Waals surface area contributed by atoms with E-state index in [1.165, 1.54) is 12.1 Å². The number of nitrogens with zero attached hydrogens (tertiary/aromatic N) is 3. The Morgan fingerprint density at radius 3 is 2.54 bits per heavy atom. The van der Waals surface area contributed by atoms with Crippen molar-refractivity contribution in [1.82, 2.24) is 15.2 Å². The van der Waals surface area contributed by atoms with Crippen LogP contribution in [0.2, 0.25) is 0 Å². The van der Waals surface area contributed by atoms with Gasteiger partial charge < -0.3 is 14.8 Å². The molecule has 3 aromatic rings. The van der Waals surface area contributed by atoms with E-state index in [1.54, 1.807) is 0 Å². The average Bonchev–Trinajstić information content (AvgIpc) is 2.93. The van der Waals surface area contributed by atoms with E-state index < -0.39 is 17.8 Å². The number of ether oxygens (including phenoxy) is 2. The Balaban J connectivity index is 1.49. The Morgan fingerprint density at radius 2 is 1.84 bits per heavy atom. The number of amides is 1. The Bertz CT molecular complexity index is 1270. The van der Waals surface area contributed by atoms with Crippen LogP contribution in [0, 0.1) is 17.1 Å². The van der Waals surface area contributed by atoms with Gasteiger partial charge in [-0.25, -0.2) is 9.37 Å². The SMILES string of the molecule is N#CC(=Cc1nc(Br)ccc1F)C(=O)NC(c1ccccc1)c1ccc(OCCN2CCOCC2)cc1. The lowest BCUT2D eigenvalue weighted by molar-refractivity contribution is -0.117. The predicted octanol–water partition coefficient (Wildman–Crippen LogP) is 4.51. The molecule has 1 unspecified atom stereocenters. The second-order valence-corrected chi connectivity index (χ2v) is 9.17. The maximum Gasteiger partial charge on any atom is 0.262 e. The van der Waals surface area contributed by atoms with Crippen LogP contribution in [0.5, 0.6) is 5.75 Å². The van der Waals surface area contributed by atoms with Crippen molar-refractivity contribution in [3.63, 3.8) is 0 Å². The summed E-state index contributed by atoms with van der Waals surface area (Å²) >= 11 is 3.18. The highest BCUT2D eigenvalue weighted by atomic mass is 79.9. The van der Waals surface area contributed by atoms with Gasteiger partial charge in [-0.3, -0.25) is 9.69 Å². The van der Waals surface area contributed by atoms with Gasteiger partial charge in [0.05, 0.1) is 19.3 Å². The molecular weight excluding hydrogens is 539 g/mol. The number of nitriles is 1. The number of morpholine rings is 1. The summed E-state index contributed by atoms with van der Waals surface area (Å²) in [5.41, 5.74) is 1.29. The third kappa shape index (κ3) is 7.46. The van der Waals surface area contributed by atoms with E-state index in [9.17, 15) is 14.4 Å². The highest BCUT2D eigenvalue weighted by molar-refractivity contribution is 9.10. The van der Waals surface area contributed by atoms with Gasteiger partial charge in [0, 0.05) is 19.6 Å². The maximum absolute atomic E-state index is 14.2. The van der Waals surface area contributed by atoms with Crippen molar-refractivity contribution < 1.29 is 18.7 Å². The Labute approximate surface area is 223 Å². The van der Waals surface area contributed by atoms with E-state index in [0.29, 0.717) is 11.2 Å². The zero-order chi connectivity index (χ0) is 26.0. The first kappa shape index (κ1) is 26.5. The van der Waals surface area contributed by atoms with Crippen LogP contribution < -0.4 is 10.1 Å². The molecule has 1 fully saturated rings. The summed E-state index contributed by atoms with van der Waals surface area (Å²) in [5.74, 6) is -0.542. The summed E-state index contributed by atoms with van der Waals surface area (Å²) in [4.78, 5) is 19.4. The van der Waals surface area contributed by atoms with E-state index in [0.717, 1.165) is 55.8 Å². The molecule has 1 N–H and O–H groups in total. The molecule has 2 aromatic carbocycles. The predicted molar refractivity (Wildman–Crippen MR) is 141 cm³/mol. The fraction of sp³-hybridized carbons (Fsp3) is 0.250. The first-order chi connectivity index (χ1) is 18.0. The van der Waals surface area contributed by atoms with Crippen molar-refractivity contribution in [1.29, 1.82) is 5.26 Å². The summed E-state index contributed by atoms with van der Waals surface area (Å²) in [6.07, 6.45) is 1.14. The standard InChI is InChI=1S/C28H26BrFN4O3/c29-26-11-10-24(30)25(32-26)18-22(19-31)28(35)33-27(20-4-2-1-3-5-20)21-6-8-23(9-7-21)37-17-14-34-12-15-36-16-13-34/h1-11,18,27H,12-17H2,(H,33,35). The zero-order valence-electron chi connectivity index (χ0n) is 20.1. The third-order valence-electron chi connectivity index (χ3n) is 5.89. The molecule has 0 radical (unpaired) electrons. The van der Waals surface area contributed by atoms with E-state index in [1.807, 2.05) is 60.7 Å². The van der Waals surface area contributed by atoms with E-state index in [-0.39, 0.29) is 11.3 Å². The first-order valence-corrected chi connectivity index (χ1v) is 12.7. The van der Waals surface area contributed by atoms with Crippen molar-refractivity contribution in [2.24, 2.45) is 0 Å². The van der Waals surface area contributed by atoms with Crippen molar-refractivity contribution in [3.8, 4) is 11.8 Å². The van der Waals surface area contributed by atoms with Gasteiger partial charge in [-0.2, -0.15) is 5.26 Å². The minimum atomic E-state index is -0.636. The molecular formula is C28H26BrFN4O3. The number of pyridine rings is 1. The van der Waals surface area contributed by atoms with Crippen LogP contribution in [-0.2, 0) is 9.53 Å². The number of hydrogen-bond acceptors (Lipinski definition) is 6. The molecule has 0 bridgehead atoms. The molecule has 1 amide bonds. The summed E-state index contributed by atoms with van der Waals surface area (Å²) in [6, 6.07) is 20.9. The fourth-order valence-corrected chi connectivity index (χ4v) is 4.23. The Hall–Kier alpha value is -3.58. The molecule has 1 atom stereocenters. The minimum absolute atomic E-state index is 0.101. The normalized spacial score (nSPS) is 15.0. The zero-order valence-corrected chi connectivity index (χ0v) is 21.7. The number of nitrogens with one attached hydrogen (secondary N) is 1. The molecule has 1 aliphatic rings. The van der Waals surface area contributed by atoms with Gasteiger partial charge in [0.1, 0.15) is 40.1 Å². The van der Waals surface area contributed by atoms with Crippen LogP contribution in [0.25, 0.3) is 6.08 Å². The van der Waals surface area contributed by atoms with Gasteiger partial charge >= 0.3 is 0 Å². The monoisotopic (exact) mass is 564 g/mol. The molecule has 1 aromatic heterocycles. The van der Waals surface area contributed by atoms with Crippen LogP contribution in [0.1, 0.15) is 22.9 Å². The number of aromatic nitrogens is 1. The molecule has 4 rings (SSSR count). The van der Waals surface area contributed by atoms with Crippen LogP contribution in [0.4, 0.5) is 4.39 Å². The van der Waals surface area contributed by atoms with Crippen LogP contribution in [0.15, 0.2) is 76.9 Å². The molecule has 37 heavy (non-hydrogen) atoms. The van der Waals surface area contributed by atoms with Crippen LogP contribution in [0.3, 0.4) is 0 Å². The summed E-state index contributed by atoms with van der Waals surface area (Å²) in [5, 5.41) is 12.5. The quantitative estimate of drug-likeness (QED) is 0.234. The van der Waals surface area contributed by atoms with Gasteiger partial charge in [0.15, 0.2) is 0 Å². The molecule has 0 spiro atoms. The van der Waals surface area contributed by atoms with E-state index in [4.69, 9.17) is 9.47 Å². The van der Waals surface area contributed by atoms with Crippen molar-refractivity contribution in [3.05, 3.63) is 99.5 Å². The molecule has 0 saturated carbocycles. The van der Waals surface area contributed by atoms with Gasteiger partial charge in [-0.1, -0.05) is 42.5 Å². The van der Waals surface area contributed by atoms with E-state index >= 15 is 0 Å². The van der Waals surface area contributed by atoms with Crippen molar-refractivity contribution >= 4 is 27.9 Å². The van der Waals surface area contributed by atoms with Crippen molar-refractivity contribution in [2.75, 3.05) is 39.5 Å². The lowest BCUT2D eigenvalue weighted by atomic mass is 9.98. The van der Waals surface area contributed by atoms with Gasteiger partial charge in [-0.15, -0.1) is 0 Å². The average molecular weight is 565 g/mol. The highest BCUT2D eigenvalue weighted by Crippen LogP contribution is 2.25. The fourth-order valence-electron chi connectivity index (χ4n) is 3.91. The number of rotatable bonds is 9. The Morgan fingerprint density at radius 1 is 1.14 bits per heavy atom. The molecule has 1 saturated heterocycles. The highest BCUT2D eigenvalue weighted by Gasteiger charge is 2.20. The second-order valence-electron chi connectivity index (χ2n) is 8.36. The number of hydrogen-bond donors (Lipinski definition) is 1. The topological polar surface area (TPSA) is 87.5 Å². The number of carbonyl (C=O) groups excluding carboxylic acids is 1. The Kier molecular flexibility index (Phi) is 9.38. The summed E-state index contributed by atoms with van der Waals surface area (Å²) in [6.45, 7) is 4.70. The molecule has 9 heteroatoms. The third-order valence-corrected chi connectivity index (χ3v) is 6.33. The van der Waals surface area contributed by atoms with Gasteiger partial charge in [0.2, 0.25) is 0 Å². The second kappa shape index (κ2) is 13.1. The smallest absolute Gasteiger partial charge is 0.262 e. The first-order valence-electron chi connectivity index (χ1n) is 11.9. The molecule has 0 aliphatic carbocycles. The van der Waals surface area contributed by atoms with Gasteiger partial charge in [0.25, 0.3) is 5.91 Å². The summed E-state index contributed by atoms with van der Waals surface area (Å²) in [7, 11) is 0. The maximum atomic E-state index is 14.2. The van der Waals surface area contributed by atoms with Gasteiger partial charge in [-0.05, 0) is 57.4 Å². The van der Waals surface area contributed by atoms with Crippen LogP contribution in [-0.4, -0.2) is 55.2 Å². The molecule has 2 heterocycles. The number of benzene rings is 2. The van der Waals surface area contributed by atoms with E-state index in [2.05, 4.69) is 31.1 Å². The lowest BCUT2D eigenvalue weighted by Crippen LogP contribution is -2.38. The summed E-state index contributed by atoms with van der Waals surface area (Å²) < 4.78 is 25.8. The van der Waals surface area contributed by atoms with Crippen LogP contribution >= 0.6 is 15.9 Å². The number of halogens is 2. The largest absolute Gasteiger partial charge is 0.492 e. The lowest BCUT2D eigenvalue weighted by Gasteiger charge is -2.26. The molecule has 190 valence electrons. The molecule has 7 nitrogen and oxygen atoms in total. The number of carbonyl (C=O) groups is 1. The minimum Gasteiger partial charge on any atom is -0.492 e.